The van der Waals surface area contributed by atoms with Gasteiger partial charge in [-0.05, 0) is 72.8 Å². The Morgan fingerprint density at radius 2 is 0.812 bits per heavy atom. The van der Waals surface area contributed by atoms with Crippen LogP contribution in [0.2, 0.25) is 0 Å². The molecule has 4 aromatic carbocycles. The lowest BCUT2D eigenvalue weighted by molar-refractivity contribution is 0.409. The third-order valence-electron chi connectivity index (χ3n) is 4.61. The summed E-state index contributed by atoms with van der Waals surface area (Å²) in [6.45, 7) is 0. The van der Waals surface area contributed by atoms with Gasteiger partial charge in [-0.1, -0.05) is 12.1 Å². The van der Waals surface area contributed by atoms with Crippen molar-refractivity contribution in [2.24, 2.45) is 0 Å². The lowest BCUT2D eigenvalue weighted by atomic mass is 10.3. The van der Waals surface area contributed by atoms with Crippen molar-refractivity contribution < 1.29 is 18.9 Å². The van der Waals surface area contributed by atoms with E-state index in [1.165, 1.54) is 0 Å². The molecule has 0 aliphatic heterocycles. The van der Waals surface area contributed by atoms with Gasteiger partial charge in [0.2, 0.25) is 0 Å². The normalized spacial score (nSPS) is 10.2. The van der Waals surface area contributed by atoms with Gasteiger partial charge in [0.05, 0.1) is 25.6 Å². The molecule has 6 nitrogen and oxygen atoms in total. The molecule has 32 heavy (non-hydrogen) atoms. The predicted molar refractivity (Wildman–Crippen MR) is 126 cm³/mol. The molecule has 0 aliphatic rings. The van der Waals surface area contributed by atoms with Crippen LogP contribution in [-0.4, -0.2) is 14.2 Å². The van der Waals surface area contributed by atoms with Gasteiger partial charge < -0.3 is 29.8 Å². The zero-order valence-corrected chi connectivity index (χ0v) is 17.9. The second-order valence-electron chi connectivity index (χ2n) is 6.86. The van der Waals surface area contributed by atoms with Crippen LogP contribution in [0.25, 0.3) is 0 Å². The molecular formula is C26H24N2O4. The van der Waals surface area contributed by atoms with Crippen LogP contribution in [0.15, 0.2) is 97.1 Å². The van der Waals surface area contributed by atoms with E-state index in [0.717, 1.165) is 45.9 Å². The van der Waals surface area contributed by atoms with E-state index in [4.69, 9.17) is 18.9 Å². The molecule has 0 saturated heterocycles. The largest absolute Gasteiger partial charge is 0.497 e. The van der Waals surface area contributed by atoms with Crippen LogP contribution in [0, 0.1) is 0 Å². The van der Waals surface area contributed by atoms with Gasteiger partial charge in [-0.15, -0.1) is 0 Å². The van der Waals surface area contributed by atoms with E-state index in [2.05, 4.69) is 10.9 Å². The molecule has 4 aromatic rings. The molecule has 0 amide bonds. The van der Waals surface area contributed by atoms with Gasteiger partial charge in [0.25, 0.3) is 0 Å². The molecule has 0 bridgehead atoms. The average molecular weight is 428 g/mol. The number of hydrazine groups is 1. The first-order valence-corrected chi connectivity index (χ1v) is 10.1. The summed E-state index contributed by atoms with van der Waals surface area (Å²) in [7, 11) is 3.27. The standard InChI is InChI=1S/C26H24N2O4/c1-29-23-5-3-7-25(17-23)31-21-13-9-19(10-14-21)27-28-20-11-15-22(16-12-20)32-26-8-4-6-24(18-26)30-2/h3-18,27-28H,1-2H3. The molecule has 162 valence electrons. The highest BCUT2D eigenvalue weighted by Crippen LogP contribution is 2.27. The van der Waals surface area contributed by atoms with E-state index in [1.807, 2.05) is 97.1 Å². The highest BCUT2D eigenvalue weighted by Gasteiger charge is 2.02. The Morgan fingerprint density at radius 3 is 1.19 bits per heavy atom. The van der Waals surface area contributed by atoms with Gasteiger partial charge >= 0.3 is 0 Å². The van der Waals surface area contributed by atoms with Crippen molar-refractivity contribution in [2.75, 3.05) is 25.1 Å². The summed E-state index contributed by atoms with van der Waals surface area (Å²) in [6.07, 6.45) is 0. The number of benzene rings is 4. The zero-order chi connectivity index (χ0) is 22.2. The predicted octanol–water partition coefficient (Wildman–Crippen LogP) is 6.73. The molecule has 0 saturated carbocycles. The minimum absolute atomic E-state index is 0.722. The molecule has 0 radical (unpaired) electrons. The Morgan fingerprint density at radius 1 is 0.438 bits per heavy atom. The van der Waals surface area contributed by atoms with Crippen LogP contribution in [0.1, 0.15) is 0 Å². The minimum atomic E-state index is 0.722. The van der Waals surface area contributed by atoms with Crippen molar-refractivity contribution in [1.29, 1.82) is 0 Å². The maximum absolute atomic E-state index is 5.87. The topological polar surface area (TPSA) is 61.0 Å². The molecule has 0 heterocycles. The summed E-state index contributed by atoms with van der Waals surface area (Å²) in [5.41, 5.74) is 8.15. The van der Waals surface area contributed by atoms with Gasteiger partial charge in [0.15, 0.2) is 0 Å². The summed E-state index contributed by atoms with van der Waals surface area (Å²) >= 11 is 0. The molecule has 6 heteroatoms. The van der Waals surface area contributed by atoms with E-state index in [-0.39, 0.29) is 0 Å². The average Bonchev–Trinajstić information content (AvgIpc) is 2.85. The summed E-state index contributed by atoms with van der Waals surface area (Å²) in [6, 6.07) is 30.3. The smallest absolute Gasteiger partial charge is 0.131 e. The molecule has 0 unspecified atom stereocenters. The molecule has 4 rings (SSSR count). The first-order chi connectivity index (χ1) is 15.7. The van der Waals surface area contributed by atoms with Crippen molar-refractivity contribution in [1.82, 2.24) is 0 Å². The Kier molecular flexibility index (Phi) is 6.63. The maximum Gasteiger partial charge on any atom is 0.131 e. The third kappa shape index (κ3) is 5.64. The second kappa shape index (κ2) is 10.1. The van der Waals surface area contributed by atoms with Crippen molar-refractivity contribution in [3.05, 3.63) is 97.1 Å². The van der Waals surface area contributed by atoms with Crippen molar-refractivity contribution in [2.45, 2.75) is 0 Å². The molecule has 0 atom stereocenters. The SMILES string of the molecule is COc1cccc(Oc2ccc(NNc3ccc(Oc4cccc(OC)c4)cc3)cc2)c1. The highest BCUT2D eigenvalue weighted by atomic mass is 16.5. The van der Waals surface area contributed by atoms with Gasteiger partial charge in [-0.3, -0.25) is 0 Å². The Labute approximate surface area is 187 Å². The van der Waals surface area contributed by atoms with Crippen molar-refractivity contribution in [3.8, 4) is 34.5 Å². The zero-order valence-electron chi connectivity index (χ0n) is 17.9. The fourth-order valence-electron chi connectivity index (χ4n) is 2.96. The van der Waals surface area contributed by atoms with E-state index in [1.54, 1.807) is 14.2 Å². The number of rotatable bonds is 9. The molecular weight excluding hydrogens is 404 g/mol. The van der Waals surface area contributed by atoms with Gasteiger partial charge in [-0.2, -0.15) is 0 Å². The number of nitrogens with one attached hydrogen (secondary N) is 2. The molecule has 0 aromatic heterocycles. The summed E-state index contributed by atoms with van der Waals surface area (Å²) in [5, 5.41) is 0. The third-order valence-corrected chi connectivity index (χ3v) is 4.61. The van der Waals surface area contributed by atoms with Gasteiger partial charge in [-0.25, -0.2) is 0 Å². The van der Waals surface area contributed by atoms with Crippen LogP contribution in [-0.2, 0) is 0 Å². The molecule has 0 aliphatic carbocycles. The first-order valence-electron chi connectivity index (χ1n) is 10.1. The van der Waals surface area contributed by atoms with E-state index in [0.29, 0.717) is 0 Å². The maximum atomic E-state index is 5.87. The summed E-state index contributed by atoms with van der Waals surface area (Å²) < 4.78 is 22.2. The number of hydrogen-bond donors (Lipinski definition) is 2. The number of methoxy groups -OCH3 is 2. The molecule has 0 fully saturated rings. The van der Waals surface area contributed by atoms with Crippen molar-refractivity contribution >= 4 is 11.4 Å². The highest BCUT2D eigenvalue weighted by molar-refractivity contribution is 5.55. The van der Waals surface area contributed by atoms with Crippen LogP contribution >= 0.6 is 0 Å². The van der Waals surface area contributed by atoms with Crippen LogP contribution < -0.4 is 29.8 Å². The lowest BCUT2D eigenvalue weighted by Crippen LogP contribution is -2.08. The van der Waals surface area contributed by atoms with Gasteiger partial charge in [0, 0.05) is 12.1 Å². The monoisotopic (exact) mass is 428 g/mol. The Hall–Kier alpha value is -4.32. The molecule has 2 N–H and O–H groups in total. The fraction of sp³-hybridized carbons (Fsp3) is 0.0769. The van der Waals surface area contributed by atoms with E-state index < -0.39 is 0 Å². The summed E-state index contributed by atoms with van der Waals surface area (Å²) in [5.74, 6) is 4.43. The number of ether oxygens (including phenoxy) is 4. The summed E-state index contributed by atoms with van der Waals surface area (Å²) in [4.78, 5) is 0. The van der Waals surface area contributed by atoms with Crippen molar-refractivity contribution in [3.63, 3.8) is 0 Å². The molecule has 0 spiro atoms. The van der Waals surface area contributed by atoms with Crippen LogP contribution in [0.4, 0.5) is 11.4 Å². The van der Waals surface area contributed by atoms with E-state index in [9.17, 15) is 0 Å². The van der Waals surface area contributed by atoms with Crippen LogP contribution in [0.5, 0.6) is 34.5 Å². The second-order valence-corrected chi connectivity index (χ2v) is 6.86. The quantitative estimate of drug-likeness (QED) is 0.288. The lowest BCUT2D eigenvalue weighted by Gasteiger charge is -2.12. The number of hydrogen-bond acceptors (Lipinski definition) is 6. The Balaban J connectivity index is 1.30. The Bertz CT molecular complexity index is 1050. The first kappa shape index (κ1) is 20.9. The van der Waals surface area contributed by atoms with Crippen LogP contribution in [0.3, 0.4) is 0 Å². The van der Waals surface area contributed by atoms with Gasteiger partial charge in [0.1, 0.15) is 34.5 Å². The fourth-order valence-corrected chi connectivity index (χ4v) is 2.96. The van der Waals surface area contributed by atoms with E-state index >= 15 is 0 Å². The number of anilines is 2. The minimum Gasteiger partial charge on any atom is -0.497 e.